The highest BCUT2D eigenvalue weighted by molar-refractivity contribution is 5.85. The van der Waals surface area contributed by atoms with Crippen LogP contribution in [0.1, 0.15) is 38.8 Å². The van der Waals surface area contributed by atoms with Crippen LogP contribution in [-0.4, -0.2) is 36.7 Å². The van der Waals surface area contributed by atoms with Crippen LogP contribution in [0.2, 0.25) is 0 Å². The highest BCUT2D eigenvalue weighted by Gasteiger charge is 2.21. The fraction of sp³-hybridized carbons (Fsp3) is 0.556. The minimum Gasteiger partial charge on any atom is -0.488 e. The molecule has 1 saturated heterocycles. The van der Waals surface area contributed by atoms with Crippen molar-refractivity contribution in [2.75, 3.05) is 26.2 Å². The number of benzene rings is 1. The van der Waals surface area contributed by atoms with Crippen molar-refractivity contribution in [1.82, 2.24) is 10.2 Å². The van der Waals surface area contributed by atoms with Crippen molar-refractivity contribution in [1.29, 1.82) is 0 Å². The van der Waals surface area contributed by atoms with Gasteiger partial charge in [0.2, 0.25) is 0 Å². The molecule has 1 aromatic carbocycles. The third-order valence-electron chi connectivity index (χ3n) is 3.67. The molecule has 1 aliphatic rings. The highest BCUT2D eigenvalue weighted by Crippen LogP contribution is 2.27. The molecule has 0 saturated carbocycles. The van der Waals surface area contributed by atoms with Crippen molar-refractivity contribution in [3.8, 4) is 5.75 Å². The van der Waals surface area contributed by atoms with E-state index >= 15 is 0 Å². The van der Waals surface area contributed by atoms with Crippen LogP contribution in [0.15, 0.2) is 36.9 Å². The van der Waals surface area contributed by atoms with Crippen LogP contribution in [0, 0.1) is 0 Å². The smallest absolute Gasteiger partial charge is 0.120 e. The summed E-state index contributed by atoms with van der Waals surface area (Å²) in [5, 5.41) is 3.41. The fourth-order valence-corrected chi connectivity index (χ4v) is 2.76. The molecule has 0 radical (unpaired) electrons. The second kappa shape index (κ2) is 10.2. The second-order valence-corrected chi connectivity index (χ2v) is 6.61. The molecule has 1 heterocycles. The van der Waals surface area contributed by atoms with Crippen molar-refractivity contribution in [2.24, 2.45) is 0 Å². The van der Waals surface area contributed by atoms with Gasteiger partial charge in [-0.15, -0.1) is 31.4 Å². The Bertz CT molecular complexity index is 451. The Morgan fingerprint density at radius 1 is 1.17 bits per heavy atom. The van der Waals surface area contributed by atoms with Gasteiger partial charge in [-0.3, -0.25) is 4.90 Å². The Kier molecular flexibility index (Phi) is 9.86. The van der Waals surface area contributed by atoms with Crippen LogP contribution in [-0.2, 0) is 0 Å². The molecule has 0 aromatic heterocycles. The summed E-state index contributed by atoms with van der Waals surface area (Å²) < 4.78 is 5.90. The van der Waals surface area contributed by atoms with Gasteiger partial charge in [0.15, 0.2) is 0 Å². The summed E-state index contributed by atoms with van der Waals surface area (Å²) in [5.41, 5.74) is 1.19. The number of ether oxygens (including phenoxy) is 1. The lowest BCUT2D eigenvalue weighted by Crippen LogP contribution is -2.45. The molecular weight excluding hydrogens is 331 g/mol. The summed E-state index contributed by atoms with van der Waals surface area (Å²) in [7, 11) is 0. The average Bonchev–Trinajstić information content (AvgIpc) is 2.45. The van der Waals surface area contributed by atoms with E-state index in [1.807, 2.05) is 6.08 Å². The van der Waals surface area contributed by atoms with Gasteiger partial charge in [0.05, 0.1) is 0 Å². The Hall–Kier alpha value is -0.740. The maximum Gasteiger partial charge on any atom is 0.120 e. The zero-order valence-electron chi connectivity index (χ0n) is 14.4. The van der Waals surface area contributed by atoms with E-state index in [-0.39, 0.29) is 30.4 Å². The molecule has 132 valence electrons. The molecule has 1 N–H and O–H groups in total. The third kappa shape index (κ3) is 7.13. The summed E-state index contributed by atoms with van der Waals surface area (Å²) in [6.45, 7) is 14.5. The summed E-state index contributed by atoms with van der Waals surface area (Å²) in [4.78, 5) is 2.54. The van der Waals surface area contributed by atoms with Crippen LogP contribution in [0.4, 0.5) is 0 Å². The molecule has 1 atom stereocenters. The van der Waals surface area contributed by atoms with Crippen LogP contribution in [0.3, 0.4) is 0 Å². The van der Waals surface area contributed by atoms with Crippen molar-refractivity contribution >= 4 is 24.8 Å². The number of piperazine rings is 1. The molecule has 0 amide bonds. The Morgan fingerprint density at radius 3 is 2.22 bits per heavy atom. The topological polar surface area (TPSA) is 24.5 Å². The highest BCUT2D eigenvalue weighted by atomic mass is 35.5. The van der Waals surface area contributed by atoms with Crippen LogP contribution >= 0.6 is 24.8 Å². The standard InChI is InChI=1S/C18H28N2O.2ClH/c1-5-6-17(20-13-11-19-12-14-20)15-7-9-16(10-8-15)21-18(2,3)4;;/h5,7-10,17,19H,1,6,11-14H2,2-4H3;2*1H/t17-;;/m0../s1. The first-order valence-corrected chi connectivity index (χ1v) is 7.84. The Morgan fingerprint density at radius 2 is 1.74 bits per heavy atom. The van der Waals surface area contributed by atoms with Gasteiger partial charge in [0.25, 0.3) is 0 Å². The van der Waals surface area contributed by atoms with Crippen LogP contribution in [0.5, 0.6) is 5.75 Å². The quantitative estimate of drug-likeness (QED) is 0.795. The largest absolute Gasteiger partial charge is 0.488 e. The fourth-order valence-electron chi connectivity index (χ4n) is 2.76. The van der Waals surface area contributed by atoms with Gasteiger partial charge in [0, 0.05) is 32.2 Å². The molecular formula is C18H30Cl2N2O. The lowest BCUT2D eigenvalue weighted by molar-refractivity contribution is 0.130. The molecule has 5 heteroatoms. The van der Waals surface area contributed by atoms with Crippen LogP contribution < -0.4 is 10.1 Å². The van der Waals surface area contributed by atoms with E-state index in [1.54, 1.807) is 0 Å². The Labute approximate surface area is 153 Å². The van der Waals surface area contributed by atoms with Crippen molar-refractivity contribution in [2.45, 2.75) is 38.8 Å². The van der Waals surface area contributed by atoms with Gasteiger partial charge in [-0.25, -0.2) is 0 Å². The lowest BCUT2D eigenvalue weighted by Gasteiger charge is -2.35. The minimum atomic E-state index is -0.152. The molecule has 2 rings (SSSR count). The summed E-state index contributed by atoms with van der Waals surface area (Å²) in [5.74, 6) is 0.934. The van der Waals surface area contributed by atoms with Gasteiger partial charge in [0.1, 0.15) is 11.4 Å². The molecule has 1 aliphatic heterocycles. The van der Waals surface area contributed by atoms with E-state index in [0.29, 0.717) is 6.04 Å². The molecule has 1 fully saturated rings. The van der Waals surface area contributed by atoms with E-state index in [1.165, 1.54) is 5.56 Å². The number of hydrogen-bond acceptors (Lipinski definition) is 3. The molecule has 0 unspecified atom stereocenters. The second-order valence-electron chi connectivity index (χ2n) is 6.61. The van der Waals surface area contributed by atoms with Gasteiger partial charge in [-0.2, -0.15) is 0 Å². The SMILES string of the molecule is C=CC[C@@H](c1ccc(OC(C)(C)C)cc1)N1CCNCC1.Cl.Cl. The van der Waals surface area contributed by atoms with Gasteiger partial charge in [-0.05, 0) is 44.9 Å². The number of halogens is 2. The maximum atomic E-state index is 5.90. The summed E-state index contributed by atoms with van der Waals surface area (Å²) in [6.07, 6.45) is 3.01. The molecule has 23 heavy (non-hydrogen) atoms. The Balaban J connectivity index is 0.00000242. The molecule has 3 nitrogen and oxygen atoms in total. The number of rotatable bonds is 5. The summed E-state index contributed by atoms with van der Waals surface area (Å²) in [6, 6.07) is 8.97. The predicted molar refractivity (Wildman–Crippen MR) is 103 cm³/mol. The van der Waals surface area contributed by atoms with Gasteiger partial charge < -0.3 is 10.1 Å². The normalized spacial score (nSPS) is 16.7. The lowest BCUT2D eigenvalue weighted by atomic mass is 10.0. The van der Waals surface area contributed by atoms with E-state index in [2.05, 4.69) is 61.8 Å². The molecule has 1 aromatic rings. The van der Waals surface area contributed by atoms with E-state index in [0.717, 1.165) is 38.3 Å². The first-order chi connectivity index (χ1) is 9.99. The summed E-state index contributed by atoms with van der Waals surface area (Å²) >= 11 is 0. The third-order valence-corrected chi connectivity index (χ3v) is 3.67. The van der Waals surface area contributed by atoms with Crippen molar-refractivity contribution in [3.05, 3.63) is 42.5 Å². The first kappa shape index (κ1) is 22.3. The number of nitrogens with zero attached hydrogens (tertiary/aromatic N) is 1. The monoisotopic (exact) mass is 360 g/mol. The molecule has 0 spiro atoms. The maximum absolute atomic E-state index is 5.90. The first-order valence-electron chi connectivity index (χ1n) is 7.84. The van der Waals surface area contributed by atoms with Crippen LogP contribution in [0.25, 0.3) is 0 Å². The molecule has 0 aliphatic carbocycles. The van der Waals surface area contributed by atoms with Gasteiger partial charge >= 0.3 is 0 Å². The predicted octanol–water partition coefficient (Wildman–Crippen LogP) is 4.23. The number of nitrogens with one attached hydrogen (secondary N) is 1. The molecule has 0 bridgehead atoms. The van der Waals surface area contributed by atoms with E-state index < -0.39 is 0 Å². The van der Waals surface area contributed by atoms with E-state index in [4.69, 9.17) is 4.74 Å². The zero-order valence-corrected chi connectivity index (χ0v) is 16.0. The zero-order chi connectivity index (χ0) is 15.3. The van der Waals surface area contributed by atoms with Crippen molar-refractivity contribution < 1.29 is 4.74 Å². The van der Waals surface area contributed by atoms with Gasteiger partial charge in [-0.1, -0.05) is 18.2 Å². The minimum absolute atomic E-state index is 0. The van der Waals surface area contributed by atoms with E-state index in [9.17, 15) is 0 Å². The number of hydrogen-bond donors (Lipinski definition) is 1. The average molecular weight is 361 g/mol. The van der Waals surface area contributed by atoms with Crippen molar-refractivity contribution in [3.63, 3.8) is 0 Å².